The van der Waals surface area contributed by atoms with Gasteiger partial charge in [-0.2, -0.15) is 0 Å². The number of halogens is 1. The van der Waals surface area contributed by atoms with Crippen LogP contribution in [0.25, 0.3) is 0 Å². The summed E-state index contributed by atoms with van der Waals surface area (Å²) in [4.78, 5) is 0. The summed E-state index contributed by atoms with van der Waals surface area (Å²) in [6.07, 6.45) is 0.776. The lowest BCUT2D eigenvalue weighted by Crippen LogP contribution is -2.25. The summed E-state index contributed by atoms with van der Waals surface area (Å²) in [5.41, 5.74) is 5.93. The Balaban J connectivity index is 2.66. The van der Waals surface area contributed by atoms with E-state index in [0.29, 0.717) is 17.9 Å². The monoisotopic (exact) mass is 330 g/mol. The molecule has 0 aromatic heterocycles. The van der Waals surface area contributed by atoms with Gasteiger partial charge in [-0.25, -0.2) is 0 Å². The second kappa shape index (κ2) is 6.77. The van der Waals surface area contributed by atoms with Gasteiger partial charge in [0.2, 0.25) is 0 Å². The summed E-state index contributed by atoms with van der Waals surface area (Å²) in [7, 11) is 1.68. The molecule has 1 aromatic carbocycles. The van der Waals surface area contributed by atoms with Gasteiger partial charge in [0.25, 0.3) is 0 Å². The Morgan fingerprint density at radius 3 is 2.68 bits per heavy atom. The van der Waals surface area contributed by atoms with Crippen molar-refractivity contribution in [3.63, 3.8) is 0 Å². The van der Waals surface area contributed by atoms with E-state index in [9.17, 15) is 0 Å². The molecule has 0 spiro atoms. The van der Waals surface area contributed by atoms with Crippen LogP contribution in [0.2, 0.25) is 0 Å². The molecule has 0 saturated carbocycles. The third-order valence-electron chi connectivity index (χ3n) is 2.85. The predicted octanol–water partition coefficient (Wildman–Crippen LogP) is 2.74. The quantitative estimate of drug-likeness (QED) is 0.364. The second-order valence-electron chi connectivity index (χ2n) is 4.69. The van der Waals surface area contributed by atoms with E-state index in [1.807, 2.05) is 13.8 Å². The highest BCUT2D eigenvalue weighted by molar-refractivity contribution is 9.10. The summed E-state index contributed by atoms with van der Waals surface area (Å²) in [5.74, 6) is 0.772. The SMILES string of the molecule is COC(C)(C)CCOc1ccc(/C(N)=N/O)cc1Br. The number of rotatable bonds is 6. The highest BCUT2D eigenvalue weighted by atomic mass is 79.9. The number of benzene rings is 1. The molecule has 3 N–H and O–H groups in total. The average molecular weight is 331 g/mol. The minimum Gasteiger partial charge on any atom is -0.492 e. The van der Waals surface area contributed by atoms with Crippen LogP contribution in [0.5, 0.6) is 5.75 Å². The van der Waals surface area contributed by atoms with E-state index in [1.54, 1.807) is 25.3 Å². The van der Waals surface area contributed by atoms with Crippen molar-refractivity contribution in [1.82, 2.24) is 0 Å². The molecular formula is C13H19BrN2O3. The molecule has 19 heavy (non-hydrogen) atoms. The summed E-state index contributed by atoms with van der Waals surface area (Å²) in [6, 6.07) is 5.25. The van der Waals surface area contributed by atoms with E-state index in [0.717, 1.165) is 10.9 Å². The number of ether oxygens (including phenoxy) is 2. The molecule has 106 valence electrons. The van der Waals surface area contributed by atoms with E-state index >= 15 is 0 Å². The fraction of sp³-hybridized carbons (Fsp3) is 0.462. The molecular weight excluding hydrogens is 312 g/mol. The maximum atomic E-state index is 8.61. The van der Waals surface area contributed by atoms with E-state index in [-0.39, 0.29) is 11.4 Å². The van der Waals surface area contributed by atoms with Crippen LogP contribution < -0.4 is 10.5 Å². The summed E-state index contributed by atoms with van der Waals surface area (Å²) in [5, 5.41) is 11.6. The van der Waals surface area contributed by atoms with Crippen molar-refractivity contribution < 1.29 is 14.7 Å². The van der Waals surface area contributed by atoms with Gasteiger partial charge in [0, 0.05) is 19.1 Å². The van der Waals surface area contributed by atoms with Crippen molar-refractivity contribution >= 4 is 21.8 Å². The van der Waals surface area contributed by atoms with E-state index in [1.165, 1.54) is 0 Å². The van der Waals surface area contributed by atoms with Gasteiger partial charge in [-0.1, -0.05) is 5.16 Å². The lowest BCUT2D eigenvalue weighted by molar-refractivity contribution is 0.00539. The van der Waals surface area contributed by atoms with E-state index in [4.69, 9.17) is 20.4 Å². The molecule has 0 unspecified atom stereocenters. The first-order valence-corrected chi connectivity index (χ1v) is 6.64. The Bertz CT molecular complexity index is 461. The summed E-state index contributed by atoms with van der Waals surface area (Å²) in [6.45, 7) is 4.56. The normalized spacial score (nSPS) is 12.5. The van der Waals surface area contributed by atoms with Gasteiger partial charge in [0.15, 0.2) is 5.84 Å². The molecule has 0 saturated heterocycles. The Morgan fingerprint density at radius 1 is 1.47 bits per heavy atom. The Labute approximate surface area is 121 Å². The molecule has 0 aliphatic heterocycles. The van der Waals surface area contributed by atoms with E-state index < -0.39 is 0 Å². The topological polar surface area (TPSA) is 77.1 Å². The maximum Gasteiger partial charge on any atom is 0.170 e. The van der Waals surface area contributed by atoms with Crippen molar-refractivity contribution in [2.24, 2.45) is 10.9 Å². The van der Waals surface area contributed by atoms with Crippen molar-refractivity contribution in [2.45, 2.75) is 25.9 Å². The minimum absolute atomic E-state index is 0.0627. The van der Waals surface area contributed by atoms with Crippen LogP contribution in [0, 0.1) is 0 Å². The van der Waals surface area contributed by atoms with Gasteiger partial charge in [-0.15, -0.1) is 0 Å². The zero-order valence-electron chi connectivity index (χ0n) is 11.3. The first-order valence-electron chi connectivity index (χ1n) is 5.85. The Hall–Kier alpha value is -1.27. The van der Waals surface area contributed by atoms with Crippen molar-refractivity contribution in [1.29, 1.82) is 0 Å². The second-order valence-corrected chi connectivity index (χ2v) is 5.55. The fourth-order valence-electron chi connectivity index (χ4n) is 1.34. The van der Waals surface area contributed by atoms with Crippen LogP contribution in [0.4, 0.5) is 0 Å². The zero-order valence-corrected chi connectivity index (χ0v) is 12.9. The van der Waals surface area contributed by atoms with E-state index in [2.05, 4.69) is 21.1 Å². The summed E-state index contributed by atoms with van der Waals surface area (Å²) >= 11 is 3.39. The van der Waals surface area contributed by atoms with Crippen LogP contribution >= 0.6 is 15.9 Å². The average Bonchev–Trinajstić information content (AvgIpc) is 2.39. The highest BCUT2D eigenvalue weighted by Crippen LogP contribution is 2.26. The molecule has 6 heteroatoms. The van der Waals surface area contributed by atoms with Crippen LogP contribution in [-0.2, 0) is 4.74 Å². The van der Waals surface area contributed by atoms with Crippen molar-refractivity contribution in [2.75, 3.05) is 13.7 Å². The molecule has 1 rings (SSSR count). The first kappa shape index (κ1) is 15.8. The number of oxime groups is 1. The van der Waals surface area contributed by atoms with Crippen LogP contribution in [0.15, 0.2) is 27.8 Å². The number of methoxy groups -OCH3 is 1. The first-order chi connectivity index (χ1) is 8.89. The zero-order chi connectivity index (χ0) is 14.5. The van der Waals surface area contributed by atoms with Crippen LogP contribution in [-0.4, -0.2) is 30.4 Å². The molecule has 0 amide bonds. The number of hydrogen-bond donors (Lipinski definition) is 2. The molecule has 0 heterocycles. The number of hydrogen-bond acceptors (Lipinski definition) is 4. The lowest BCUT2D eigenvalue weighted by Gasteiger charge is -2.22. The molecule has 0 fully saturated rings. The smallest absolute Gasteiger partial charge is 0.170 e. The molecule has 5 nitrogen and oxygen atoms in total. The van der Waals surface area contributed by atoms with Gasteiger partial charge in [0.05, 0.1) is 16.7 Å². The molecule has 0 radical (unpaired) electrons. The largest absolute Gasteiger partial charge is 0.492 e. The van der Waals surface area contributed by atoms with Gasteiger partial charge in [-0.3, -0.25) is 0 Å². The molecule has 0 aliphatic carbocycles. The lowest BCUT2D eigenvalue weighted by atomic mass is 10.1. The molecule has 0 atom stereocenters. The van der Waals surface area contributed by atoms with Gasteiger partial charge >= 0.3 is 0 Å². The standard InChI is InChI=1S/C13H19BrN2O3/c1-13(2,18-3)6-7-19-11-5-4-9(8-10(11)14)12(15)16-17/h4-5,8,17H,6-7H2,1-3H3,(H2,15,16). The van der Waals surface area contributed by atoms with Crippen molar-refractivity contribution in [3.8, 4) is 5.75 Å². The van der Waals surface area contributed by atoms with Crippen LogP contribution in [0.1, 0.15) is 25.8 Å². The minimum atomic E-state index is -0.208. The maximum absolute atomic E-state index is 8.61. The number of nitrogens with two attached hydrogens (primary N) is 1. The molecule has 0 aliphatic rings. The Kier molecular flexibility index (Phi) is 5.62. The third-order valence-corrected chi connectivity index (χ3v) is 3.47. The third kappa shape index (κ3) is 4.72. The summed E-state index contributed by atoms with van der Waals surface area (Å²) < 4.78 is 11.7. The van der Waals surface area contributed by atoms with Gasteiger partial charge < -0.3 is 20.4 Å². The predicted molar refractivity (Wildman–Crippen MR) is 77.9 cm³/mol. The molecule has 0 bridgehead atoms. The highest BCUT2D eigenvalue weighted by Gasteiger charge is 2.16. The molecule has 1 aromatic rings. The van der Waals surface area contributed by atoms with Crippen LogP contribution in [0.3, 0.4) is 0 Å². The number of amidine groups is 1. The fourth-order valence-corrected chi connectivity index (χ4v) is 1.84. The Morgan fingerprint density at radius 2 is 2.16 bits per heavy atom. The number of nitrogens with zero attached hydrogens (tertiary/aromatic N) is 1. The van der Waals surface area contributed by atoms with Gasteiger partial charge in [0.1, 0.15) is 5.75 Å². The van der Waals surface area contributed by atoms with Crippen molar-refractivity contribution in [3.05, 3.63) is 28.2 Å². The van der Waals surface area contributed by atoms with Gasteiger partial charge in [-0.05, 0) is 48.0 Å².